The van der Waals surface area contributed by atoms with E-state index in [0.29, 0.717) is 5.92 Å². The standard InChI is InChI=1S/C17H27NO2/c1-3-15(2)16-7-4-5-8-17(16)20-12-6-9-18-10-13-19-14-11-18/h4-5,7-8,15H,3,6,9-14H2,1-2H3/p+1/t15-/m1/s1. The van der Waals surface area contributed by atoms with Gasteiger partial charge in [0.2, 0.25) is 0 Å². The Morgan fingerprint density at radius 1 is 1.25 bits per heavy atom. The number of para-hydroxylation sites is 1. The predicted octanol–water partition coefficient (Wildman–Crippen LogP) is 1.88. The zero-order valence-corrected chi connectivity index (χ0v) is 12.9. The minimum atomic E-state index is 0.566. The van der Waals surface area contributed by atoms with Crippen LogP contribution in [0.4, 0.5) is 0 Å². The molecule has 1 N–H and O–H groups in total. The number of hydrogen-bond acceptors (Lipinski definition) is 2. The van der Waals surface area contributed by atoms with Crippen molar-refractivity contribution in [2.45, 2.75) is 32.6 Å². The van der Waals surface area contributed by atoms with Gasteiger partial charge in [0, 0.05) is 6.42 Å². The Balaban J connectivity index is 1.76. The molecule has 112 valence electrons. The van der Waals surface area contributed by atoms with E-state index < -0.39 is 0 Å². The molecule has 3 nitrogen and oxygen atoms in total. The van der Waals surface area contributed by atoms with Crippen LogP contribution in [0.15, 0.2) is 24.3 Å². The SMILES string of the molecule is CC[C@@H](C)c1ccccc1OCCC[NH+]1CCOCC1. The molecule has 0 aliphatic carbocycles. The van der Waals surface area contributed by atoms with E-state index in [9.17, 15) is 0 Å². The van der Waals surface area contributed by atoms with Crippen molar-refractivity contribution in [2.75, 3.05) is 39.5 Å². The molecule has 1 aliphatic rings. The molecular formula is C17H28NO2+. The van der Waals surface area contributed by atoms with E-state index >= 15 is 0 Å². The Bertz CT molecular complexity index is 388. The number of ether oxygens (including phenoxy) is 2. The molecule has 1 aliphatic heterocycles. The van der Waals surface area contributed by atoms with Crippen LogP contribution in [0.1, 0.15) is 38.2 Å². The van der Waals surface area contributed by atoms with Crippen molar-refractivity contribution in [3.63, 3.8) is 0 Å². The van der Waals surface area contributed by atoms with E-state index in [1.807, 2.05) is 0 Å². The second-order valence-corrected chi connectivity index (χ2v) is 5.66. The smallest absolute Gasteiger partial charge is 0.122 e. The lowest BCUT2D eigenvalue weighted by Gasteiger charge is -2.23. The van der Waals surface area contributed by atoms with E-state index in [1.165, 1.54) is 12.1 Å². The average molecular weight is 278 g/mol. The molecule has 1 saturated heterocycles. The fourth-order valence-corrected chi connectivity index (χ4v) is 2.65. The second kappa shape index (κ2) is 8.28. The van der Waals surface area contributed by atoms with Gasteiger partial charge >= 0.3 is 0 Å². The topological polar surface area (TPSA) is 22.9 Å². The summed E-state index contributed by atoms with van der Waals surface area (Å²) in [6.45, 7) is 10.6. The molecule has 0 aromatic heterocycles. The summed E-state index contributed by atoms with van der Waals surface area (Å²) >= 11 is 0. The Kier molecular flexibility index (Phi) is 6.34. The summed E-state index contributed by atoms with van der Waals surface area (Å²) in [5, 5.41) is 0. The van der Waals surface area contributed by atoms with Crippen LogP contribution in [0.5, 0.6) is 5.75 Å². The third-order valence-corrected chi connectivity index (χ3v) is 4.19. The maximum atomic E-state index is 6.01. The molecule has 1 fully saturated rings. The van der Waals surface area contributed by atoms with Crippen molar-refractivity contribution in [3.8, 4) is 5.75 Å². The zero-order chi connectivity index (χ0) is 14.2. The molecule has 0 spiro atoms. The zero-order valence-electron chi connectivity index (χ0n) is 12.9. The Hall–Kier alpha value is -1.06. The molecule has 0 saturated carbocycles. The van der Waals surface area contributed by atoms with Crippen molar-refractivity contribution in [3.05, 3.63) is 29.8 Å². The van der Waals surface area contributed by atoms with Gasteiger partial charge < -0.3 is 14.4 Å². The van der Waals surface area contributed by atoms with Crippen molar-refractivity contribution in [1.82, 2.24) is 0 Å². The van der Waals surface area contributed by atoms with E-state index in [2.05, 4.69) is 38.1 Å². The number of nitrogens with one attached hydrogen (secondary N) is 1. The van der Waals surface area contributed by atoms with Crippen LogP contribution >= 0.6 is 0 Å². The van der Waals surface area contributed by atoms with Gasteiger partial charge in [-0.3, -0.25) is 0 Å². The van der Waals surface area contributed by atoms with Gasteiger partial charge in [0.1, 0.15) is 18.8 Å². The van der Waals surface area contributed by atoms with Crippen LogP contribution in [-0.2, 0) is 4.74 Å². The Labute approximate surface area is 122 Å². The molecule has 2 rings (SSSR count). The van der Waals surface area contributed by atoms with Crippen molar-refractivity contribution >= 4 is 0 Å². The summed E-state index contributed by atoms with van der Waals surface area (Å²) in [6, 6.07) is 8.46. The highest BCUT2D eigenvalue weighted by Crippen LogP contribution is 2.28. The summed E-state index contributed by atoms with van der Waals surface area (Å²) in [5.41, 5.74) is 1.34. The predicted molar refractivity (Wildman–Crippen MR) is 81.6 cm³/mol. The van der Waals surface area contributed by atoms with Gasteiger partial charge in [-0.2, -0.15) is 0 Å². The summed E-state index contributed by atoms with van der Waals surface area (Å²) in [5.74, 6) is 1.63. The first-order chi connectivity index (χ1) is 9.81. The van der Waals surface area contributed by atoms with Crippen molar-refractivity contribution in [2.24, 2.45) is 0 Å². The highest BCUT2D eigenvalue weighted by atomic mass is 16.5. The number of benzene rings is 1. The summed E-state index contributed by atoms with van der Waals surface area (Å²) < 4.78 is 11.4. The van der Waals surface area contributed by atoms with Crippen LogP contribution in [-0.4, -0.2) is 39.5 Å². The molecule has 1 aromatic carbocycles. The van der Waals surface area contributed by atoms with Gasteiger partial charge in [0.05, 0.1) is 26.4 Å². The van der Waals surface area contributed by atoms with Crippen LogP contribution in [0.25, 0.3) is 0 Å². The van der Waals surface area contributed by atoms with Crippen LogP contribution in [0.2, 0.25) is 0 Å². The van der Waals surface area contributed by atoms with Crippen molar-refractivity contribution < 1.29 is 14.4 Å². The van der Waals surface area contributed by atoms with Gasteiger partial charge in [-0.15, -0.1) is 0 Å². The fraction of sp³-hybridized carbons (Fsp3) is 0.647. The fourth-order valence-electron chi connectivity index (χ4n) is 2.65. The first kappa shape index (κ1) is 15.3. The lowest BCUT2D eigenvalue weighted by atomic mass is 9.98. The van der Waals surface area contributed by atoms with Gasteiger partial charge in [0.15, 0.2) is 0 Å². The lowest BCUT2D eigenvalue weighted by Crippen LogP contribution is -3.14. The number of rotatable bonds is 7. The third-order valence-electron chi connectivity index (χ3n) is 4.19. The van der Waals surface area contributed by atoms with E-state index in [0.717, 1.165) is 51.5 Å². The quantitative estimate of drug-likeness (QED) is 0.770. The Morgan fingerprint density at radius 3 is 2.75 bits per heavy atom. The molecule has 1 aromatic rings. The summed E-state index contributed by atoms with van der Waals surface area (Å²) in [7, 11) is 0. The lowest BCUT2D eigenvalue weighted by molar-refractivity contribution is -0.908. The second-order valence-electron chi connectivity index (χ2n) is 5.66. The maximum absolute atomic E-state index is 6.01. The molecule has 0 radical (unpaired) electrons. The van der Waals surface area contributed by atoms with Crippen LogP contribution < -0.4 is 9.64 Å². The van der Waals surface area contributed by atoms with Gasteiger partial charge in [-0.05, 0) is 24.0 Å². The molecule has 0 amide bonds. The first-order valence-electron chi connectivity index (χ1n) is 7.94. The average Bonchev–Trinajstić information content (AvgIpc) is 2.52. The Morgan fingerprint density at radius 2 is 2.00 bits per heavy atom. The molecule has 0 unspecified atom stereocenters. The molecule has 20 heavy (non-hydrogen) atoms. The van der Waals surface area contributed by atoms with E-state index in [-0.39, 0.29) is 0 Å². The highest BCUT2D eigenvalue weighted by molar-refractivity contribution is 5.35. The normalized spacial score (nSPS) is 17.9. The summed E-state index contributed by atoms with van der Waals surface area (Å²) in [4.78, 5) is 1.65. The minimum Gasteiger partial charge on any atom is -0.493 e. The first-order valence-corrected chi connectivity index (χ1v) is 7.94. The maximum Gasteiger partial charge on any atom is 0.122 e. The van der Waals surface area contributed by atoms with Gasteiger partial charge in [-0.1, -0.05) is 32.0 Å². The van der Waals surface area contributed by atoms with Gasteiger partial charge in [-0.25, -0.2) is 0 Å². The molecule has 0 bridgehead atoms. The molecule has 1 atom stereocenters. The largest absolute Gasteiger partial charge is 0.493 e. The summed E-state index contributed by atoms with van der Waals surface area (Å²) in [6.07, 6.45) is 2.27. The highest BCUT2D eigenvalue weighted by Gasteiger charge is 2.13. The van der Waals surface area contributed by atoms with Crippen LogP contribution in [0, 0.1) is 0 Å². The third kappa shape index (κ3) is 4.50. The van der Waals surface area contributed by atoms with E-state index in [1.54, 1.807) is 4.90 Å². The molecular weight excluding hydrogens is 250 g/mol. The van der Waals surface area contributed by atoms with Gasteiger partial charge in [0.25, 0.3) is 0 Å². The van der Waals surface area contributed by atoms with E-state index in [4.69, 9.17) is 9.47 Å². The monoisotopic (exact) mass is 278 g/mol. The molecule has 1 heterocycles. The number of morpholine rings is 1. The molecule has 3 heteroatoms. The number of hydrogen-bond donors (Lipinski definition) is 1. The van der Waals surface area contributed by atoms with Crippen LogP contribution in [0.3, 0.4) is 0 Å². The van der Waals surface area contributed by atoms with Crippen molar-refractivity contribution in [1.29, 1.82) is 0 Å². The minimum absolute atomic E-state index is 0.566. The number of quaternary nitrogens is 1.